The van der Waals surface area contributed by atoms with Gasteiger partial charge in [0.1, 0.15) is 0 Å². The number of nitrogens with one attached hydrogen (secondary N) is 1. The highest BCUT2D eigenvalue weighted by atomic mass is 16.3. The van der Waals surface area contributed by atoms with Gasteiger partial charge in [0.15, 0.2) is 0 Å². The zero-order valence-corrected chi connectivity index (χ0v) is 10.2. The van der Waals surface area contributed by atoms with Crippen LogP contribution >= 0.6 is 0 Å². The van der Waals surface area contributed by atoms with Crippen LogP contribution in [0.3, 0.4) is 0 Å². The average molecular weight is 213 g/mol. The molecule has 0 saturated heterocycles. The first-order valence-corrected chi connectivity index (χ1v) is 5.59. The fourth-order valence-corrected chi connectivity index (χ4v) is 1.45. The summed E-state index contributed by atoms with van der Waals surface area (Å²) in [6.45, 7) is 7.94. The Bertz CT molecular complexity index is 222. The lowest BCUT2D eigenvalue weighted by Crippen LogP contribution is -2.38. The van der Waals surface area contributed by atoms with Crippen molar-refractivity contribution in [3.05, 3.63) is 11.6 Å². The minimum atomic E-state index is -0.127. The first kappa shape index (κ1) is 14.2. The third-order valence-corrected chi connectivity index (χ3v) is 2.18. The number of amides is 1. The zero-order valence-electron chi connectivity index (χ0n) is 10.2. The number of carbonyl (C=O) groups is 1. The van der Waals surface area contributed by atoms with E-state index in [1.807, 2.05) is 13.0 Å². The van der Waals surface area contributed by atoms with E-state index in [-0.39, 0.29) is 18.6 Å². The van der Waals surface area contributed by atoms with Crippen molar-refractivity contribution in [3.8, 4) is 0 Å². The lowest BCUT2D eigenvalue weighted by Gasteiger charge is -2.18. The van der Waals surface area contributed by atoms with Gasteiger partial charge in [-0.05, 0) is 25.7 Å². The molecule has 1 amide bonds. The summed E-state index contributed by atoms with van der Waals surface area (Å²) < 4.78 is 0. The molecular weight excluding hydrogens is 190 g/mol. The van der Waals surface area contributed by atoms with Gasteiger partial charge in [0.2, 0.25) is 5.91 Å². The molecular formula is C12H23NO2. The minimum Gasteiger partial charge on any atom is -0.394 e. The second-order valence-corrected chi connectivity index (χ2v) is 4.28. The topological polar surface area (TPSA) is 49.3 Å². The van der Waals surface area contributed by atoms with Crippen LogP contribution in [0.5, 0.6) is 0 Å². The van der Waals surface area contributed by atoms with Gasteiger partial charge in [-0.2, -0.15) is 0 Å². The summed E-state index contributed by atoms with van der Waals surface area (Å²) >= 11 is 0. The highest BCUT2D eigenvalue weighted by molar-refractivity contribution is 5.92. The number of allylic oxidation sites excluding steroid dienone is 1. The first-order chi connectivity index (χ1) is 7.01. The Hall–Kier alpha value is -0.830. The van der Waals surface area contributed by atoms with Crippen LogP contribution in [0.1, 0.15) is 40.5 Å². The van der Waals surface area contributed by atoms with Crippen LogP contribution in [0, 0.1) is 5.92 Å². The molecule has 0 spiro atoms. The minimum absolute atomic E-state index is 0.00330. The van der Waals surface area contributed by atoms with E-state index in [4.69, 9.17) is 5.11 Å². The molecule has 1 unspecified atom stereocenters. The van der Waals surface area contributed by atoms with Gasteiger partial charge in [0.05, 0.1) is 12.6 Å². The molecule has 0 fully saturated rings. The quantitative estimate of drug-likeness (QED) is 0.662. The van der Waals surface area contributed by atoms with Gasteiger partial charge in [-0.15, -0.1) is 0 Å². The monoisotopic (exact) mass is 213 g/mol. The van der Waals surface area contributed by atoms with E-state index in [1.54, 1.807) is 6.92 Å². The predicted molar refractivity (Wildman–Crippen MR) is 62.5 cm³/mol. The van der Waals surface area contributed by atoms with E-state index < -0.39 is 0 Å². The van der Waals surface area contributed by atoms with Crippen molar-refractivity contribution in [1.29, 1.82) is 0 Å². The van der Waals surface area contributed by atoms with E-state index in [0.717, 1.165) is 18.4 Å². The van der Waals surface area contributed by atoms with Crippen LogP contribution < -0.4 is 5.32 Å². The number of hydrogen-bond acceptors (Lipinski definition) is 2. The normalized spacial score (nSPS) is 14.1. The van der Waals surface area contributed by atoms with Crippen molar-refractivity contribution < 1.29 is 9.90 Å². The van der Waals surface area contributed by atoms with E-state index in [0.29, 0.717) is 5.92 Å². The molecule has 0 aliphatic carbocycles. The third kappa shape index (κ3) is 6.28. The Morgan fingerprint density at radius 2 is 2.07 bits per heavy atom. The maximum atomic E-state index is 11.6. The van der Waals surface area contributed by atoms with Crippen molar-refractivity contribution in [3.63, 3.8) is 0 Å². The third-order valence-electron chi connectivity index (χ3n) is 2.18. The molecule has 88 valence electrons. The summed E-state index contributed by atoms with van der Waals surface area (Å²) in [4.78, 5) is 11.6. The van der Waals surface area contributed by atoms with Crippen LogP contribution in [-0.4, -0.2) is 23.7 Å². The van der Waals surface area contributed by atoms with Crippen LogP contribution in [-0.2, 0) is 4.79 Å². The van der Waals surface area contributed by atoms with Gasteiger partial charge < -0.3 is 10.4 Å². The molecule has 0 radical (unpaired) electrons. The number of aliphatic hydroxyl groups is 1. The highest BCUT2D eigenvalue weighted by Gasteiger charge is 2.13. The summed E-state index contributed by atoms with van der Waals surface area (Å²) in [7, 11) is 0. The van der Waals surface area contributed by atoms with Crippen molar-refractivity contribution in [1.82, 2.24) is 5.32 Å². The molecule has 0 aromatic carbocycles. The van der Waals surface area contributed by atoms with E-state index in [9.17, 15) is 4.79 Å². The molecule has 0 heterocycles. The number of rotatable bonds is 6. The number of hydrogen-bond donors (Lipinski definition) is 2. The lowest BCUT2D eigenvalue weighted by atomic mass is 10.0. The molecule has 0 aliphatic rings. The molecule has 0 aromatic rings. The summed E-state index contributed by atoms with van der Waals surface area (Å²) in [5.74, 6) is 0.398. The maximum absolute atomic E-state index is 11.6. The largest absolute Gasteiger partial charge is 0.394 e. The van der Waals surface area contributed by atoms with Crippen LogP contribution in [0.15, 0.2) is 11.6 Å². The van der Waals surface area contributed by atoms with Gasteiger partial charge in [-0.1, -0.05) is 26.8 Å². The van der Waals surface area contributed by atoms with Crippen molar-refractivity contribution in [2.75, 3.05) is 6.61 Å². The molecule has 0 rings (SSSR count). The smallest absolute Gasteiger partial charge is 0.246 e. The van der Waals surface area contributed by atoms with Gasteiger partial charge in [-0.25, -0.2) is 0 Å². The molecule has 15 heavy (non-hydrogen) atoms. The van der Waals surface area contributed by atoms with Gasteiger partial charge in [0, 0.05) is 5.57 Å². The second-order valence-electron chi connectivity index (χ2n) is 4.28. The Balaban J connectivity index is 4.18. The van der Waals surface area contributed by atoms with E-state index in [2.05, 4.69) is 19.2 Å². The standard InChI is InChI=1S/C12H23NO2/c1-5-6-10(4)12(15)13-11(8-14)7-9(2)3/h6,9,11,14H,5,7-8H2,1-4H3,(H,13,15). The summed E-state index contributed by atoms with van der Waals surface area (Å²) in [6.07, 6.45) is 3.55. The maximum Gasteiger partial charge on any atom is 0.246 e. The van der Waals surface area contributed by atoms with Crippen LogP contribution in [0.4, 0.5) is 0 Å². The summed E-state index contributed by atoms with van der Waals surface area (Å²) in [6, 6.07) is -0.127. The Morgan fingerprint density at radius 3 is 2.47 bits per heavy atom. The Kier molecular flexibility index (Phi) is 7.05. The molecule has 0 aliphatic heterocycles. The molecule has 3 nitrogen and oxygen atoms in total. The van der Waals surface area contributed by atoms with Crippen molar-refractivity contribution in [2.24, 2.45) is 5.92 Å². The zero-order chi connectivity index (χ0) is 11.8. The highest BCUT2D eigenvalue weighted by Crippen LogP contribution is 2.05. The van der Waals surface area contributed by atoms with E-state index in [1.165, 1.54) is 0 Å². The number of carbonyl (C=O) groups excluding carboxylic acids is 1. The van der Waals surface area contributed by atoms with E-state index >= 15 is 0 Å². The molecule has 0 bridgehead atoms. The van der Waals surface area contributed by atoms with Gasteiger partial charge in [0.25, 0.3) is 0 Å². The molecule has 1 atom stereocenters. The SMILES string of the molecule is CCC=C(C)C(=O)NC(CO)CC(C)C. The Labute approximate surface area is 92.6 Å². The van der Waals surface area contributed by atoms with Crippen molar-refractivity contribution in [2.45, 2.75) is 46.6 Å². The van der Waals surface area contributed by atoms with Crippen molar-refractivity contribution >= 4 is 5.91 Å². The lowest BCUT2D eigenvalue weighted by molar-refractivity contribution is -0.118. The fourth-order valence-electron chi connectivity index (χ4n) is 1.45. The summed E-state index contributed by atoms with van der Waals surface area (Å²) in [5.41, 5.74) is 0.722. The summed E-state index contributed by atoms with van der Waals surface area (Å²) in [5, 5.41) is 11.9. The predicted octanol–water partition coefficient (Wildman–Crippen LogP) is 1.87. The molecule has 0 saturated carbocycles. The van der Waals surface area contributed by atoms with Crippen LogP contribution in [0.2, 0.25) is 0 Å². The molecule has 0 aromatic heterocycles. The Morgan fingerprint density at radius 1 is 1.47 bits per heavy atom. The van der Waals surface area contributed by atoms with Gasteiger partial charge >= 0.3 is 0 Å². The first-order valence-electron chi connectivity index (χ1n) is 5.59. The molecule has 3 heteroatoms. The average Bonchev–Trinajstić information content (AvgIpc) is 2.16. The number of aliphatic hydroxyl groups excluding tert-OH is 1. The van der Waals surface area contributed by atoms with Gasteiger partial charge in [-0.3, -0.25) is 4.79 Å². The second kappa shape index (κ2) is 7.46. The van der Waals surface area contributed by atoms with Crippen LogP contribution in [0.25, 0.3) is 0 Å². The molecule has 2 N–H and O–H groups in total. The fraction of sp³-hybridized carbons (Fsp3) is 0.750.